The second-order valence-electron chi connectivity index (χ2n) is 8.74. The third kappa shape index (κ3) is 6.56. The lowest BCUT2D eigenvalue weighted by atomic mass is 10.0. The number of carbonyl (C=O) groups excluding carboxylic acids is 1. The molecule has 0 fully saturated rings. The van der Waals surface area contributed by atoms with E-state index in [4.69, 9.17) is 9.47 Å². The van der Waals surface area contributed by atoms with Gasteiger partial charge in [0.1, 0.15) is 5.69 Å². The lowest BCUT2D eigenvalue weighted by Gasteiger charge is -2.29. The van der Waals surface area contributed by atoms with Crippen LogP contribution >= 0.6 is 0 Å². The second kappa shape index (κ2) is 12.2. The molecule has 2 aromatic heterocycles. The van der Waals surface area contributed by atoms with Gasteiger partial charge < -0.3 is 14.4 Å². The van der Waals surface area contributed by atoms with Crippen LogP contribution in [0.25, 0.3) is 0 Å². The van der Waals surface area contributed by atoms with Crippen molar-refractivity contribution in [1.82, 2.24) is 14.9 Å². The topological polar surface area (TPSA) is 64.5 Å². The molecule has 1 unspecified atom stereocenters. The third-order valence-corrected chi connectivity index (χ3v) is 5.97. The molecule has 34 heavy (non-hydrogen) atoms. The molecule has 6 nitrogen and oxygen atoms in total. The molecule has 3 rings (SSSR count). The lowest BCUT2D eigenvalue weighted by molar-refractivity contribution is 0.0680. The molecule has 0 bridgehead atoms. The first-order valence-corrected chi connectivity index (χ1v) is 11.8. The number of ether oxygens (including phenoxy) is 2. The van der Waals surface area contributed by atoms with E-state index in [1.54, 1.807) is 20.3 Å². The van der Waals surface area contributed by atoms with Crippen molar-refractivity contribution in [3.05, 3.63) is 83.3 Å². The summed E-state index contributed by atoms with van der Waals surface area (Å²) in [5, 5.41) is 0. The van der Waals surface area contributed by atoms with Gasteiger partial charge in [0, 0.05) is 30.4 Å². The Morgan fingerprint density at radius 1 is 0.882 bits per heavy atom. The molecule has 0 N–H and O–H groups in total. The molecule has 0 radical (unpaired) electrons. The van der Waals surface area contributed by atoms with E-state index in [2.05, 4.69) is 42.9 Å². The number of nitrogens with zero attached hydrogens (tertiary/aromatic N) is 3. The van der Waals surface area contributed by atoms with Gasteiger partial charge in [-0.2, -0.15) is 0 Å². The molecule has 180 valence electrons. The van der Waals surface area contributed by atoms with Crippen LogP contribution in [0.2, 0.25) is 0 Å². The number of aryl methyl sites for hydroxylation is 1. The zero-order valence-electron chi connectivity index (χ0n) is 20.8. The smallest absolute Gasteiger partial charge is 0.272 e. The standard InChI is InChI=1S/C28H35N3O3/c1-20(2)24-12-9-13-25(30-24)28(32)31(21(3)14-15-22-10-7-6-8-11-22)19-18-23-16-17-26(33-4)27(29-23)34-5/h6-13,16-17,20-21H,14-15,18-19H2,1-5H3. The number of carbonyl (C=O) groups is 1. The molecule has 1 atom stereocenters. The van der Waals surface area contributed by atoms with E-state index < -0.39 is 0 Å². The number of methoxy groups -OCH3 is 2. The van der Waals surface area contributed by atoms with E-state index in [9.17, 15) is 4.79 Å². The van der Waals surface area contributed by atoms with Crippen molar-refractivity contribution in [1.29, 1.82) is 0 Å². The second-order valence-corrected chi connectivity index (χ2v) is 8.74. The van der Waals surface area contributed by atoms with Crippen LogP contribution in [0, 0.1) is 0 Å². The van der Waals surface area contributed by atoms with Crippen molar-refractivity contribution in [2.24, 2.45) is 0 Å². The fourth-order valence-corrected chi connectivity index (χ4v) is 3.88. The van der Waals surface area contributed by atoms with Crippen molar-refractivity contribution >= 4 is 5.91 Å². The monoisotopic (exact) mass is 461 g/mol. The summed E-state index contributed by atoms with van der Waals surface area (Å²) in [6.07, 6.45) is 2.37. The molecule has 1 amide bonds. The molecule has 3 aromatic rings. The van der Waals surface area contributed by atoms with Gasteiger partial charge in [-0.1, -0.05) is 50.2 Å². The first-order chi connectivity index (χ1) is 16.4. The van der Waals surface area contributed by atoms with Gasteiger partial charge >= 0.3 is 0 Å². The Kier molecular flexibility index (Phi) is 9.02. The van der Waals surface area contributed by atoms with Gasteiger partial charge in [-0.05, 0) is 55.5 Å². The Labute approximate surface area is 203 Å². The van der Waals surface area contributed by atoms with Gasteiger partial charge in [0.05, 0.1) is 14.2 Å². The zero-order chi connectivity index (χ0) is 24.5. The van der Waals surface area contributed by atoms with E-state index in [1.807, 2.05) is 47.4 Å². The number of benzene rings is 1. The van der Waals surface area contributed by atoms with Gasteiger partial charge in [-0.3, -0.25) is 4.79 Å². The Morgan fingerprint density at radius 2 is 1.65 bits per heavy atom. The maximum absolute atomic E-state index is 13.6. The van der Waals surface area contributed by atoms with Crippen molar-refractivity contribution < 1.29 is 14.3 Å². The fraction of sp³-hybridized carbons (Fsp3) is 0.393. The molecule has 0 saturated carbocycles. The maximum atomic E-state index is 13.6. The maximum Gasteiger partial charge on any atom is 0.272 e. The molecule has 6 heteroatoms. The first kappa shape index (κ1) is 25.2. The minimum absolute atomic E-state index is 0.0392. The summed E-state index contributed by atoms with van der Waals surface area (Å²) in [4.78, 5) is 24.8. The predicted octanol–water partition coefficient (Wildman–Crippen LogP) is 5.32. The van der Waals surface area contributed by atoms with E-state index in [1.165, 1.54) is 5.56 Å². The third-order valence-electron chi connectivity index (χ3n) is 5.97. The van der Waals surface area contributed by atoms with E-state index in [-0.39, 0.29) is 17.9 Å². The van der Waals surface area contributed by atoms with Crippen molar-refractivity contribution in [2.45, 2.75) is 52.0 Å². The quantitative estimate of drug-likeness (QED) is 0.386. The van der Waals surface area contributed by atoms with Gasteiger partial charge in [0.25, 0.3) is 11.8 Å². The molecule has 2 heterocycles. The van der Waals surface area contributed by atoms with Crippen molar-refractivity contribution in [3.8, 4) is 11.6 Å². The number of aromatic nitrogens is 2. The van der Waals surface area contributed by atoms with Crippen molar-refractivity contribution in [3.63, 3.8) is 0 Å². The van der Waals surface area contributed by atoms with Crippen LogP contribution in [0.1, 0.15) is 60.5 Å². The van der Waals surface area contributed by atoms with E-state index in [0.29, 0.717) is 30.3 Å². The summed E-state index contributed by atoms with van der Waals surface area (Å²) in [7, 11) is 3.16. The summed E-state index contributed by atoms with van der Waals surface area (Å²) in [5.74, 6) is 1.24. The number of hydrogen-bond donors (Lipinski definition) is 0. The zero-order valence-corrected chi connectivity index (χ0v) is 20.8. The Balaban J connectivity index is 1.80. The lowest BCUT2D eigenvalue weighted by Crippen LogP contribution is -2.41. The Bertz CT molecular complexity index is 1070. The number of hydrogen-bond acceptors (Lipinski definition) is 5. The van der Waals surface area contributed by atoms with Crippen LogP contribution in [0.15, 0.2) is 60.7 Å². The van der Waals surface area contributed by atoms with E-state index in [0.717, 1.165) is 24.2 Å². The summed E-state index contributed by atoms with van der Waals surface area (Å²) in [6, 6.07) is 19.9. The molecule has 0 aliphatic rings. The first-order valence-electron chi connectivity index (χ1n) is 11.8. The van der Waals surface area contributed by atoms with Gasteiger partial charge in [0.2, 0.25) is 0 Å². The van der Waals surface area contributed by atoms with Crippen LogP contribution in [-0.2, 0) is 12.8 Å². The minimum atomic E-state index is -0.0523. The largest absolute Gasteiger partial charge is 0.491 e. The molecule has 0 aliphatic carbocycles. The Morgan fingerprint density at radius 3 is 2.32 bits per heavy atom. The summed E-state index contributed by atoms with van der Waals surface area (Å²) in [6.45, 7) is 6.80. The molecule has 0 saturated heterocycles. The van der Waals surface area contributed by atoms with Gasteiger partial charge in [-0.15, -0.1) is 0 Å². The summed E-state index contributed by atoms with van der Waals surface area (Å²) >= 11 is 0. The fourth-order valence-electron chi connectivity index (χ4n) is 3.88. The molecular weight excluding hydrogens is 426 g/mol. The molecular formula is C28H35N3O3. The van der Waals surface area contributed by atoms with Crippen LogP contribution in [-0.4, -0.2) is 47.6 Å². The van der Waals surface area contributed by atoms with Crippen LogP contribution in [0.4, 0.5) is 0 Å². The van der Waals surface area contributed by atoms with Crippen LogP contribution in [0.3, 0.4) is 0 Å². The number of pyridine rings is 2. The van der Waals surface area contributed by atoms with Crippen LogP contribution < -0.4 is 9.47 Å². The van der Waals surface area contributed by atoms with Crippen LogP contribution in [0.5, 0.6) is 11.6 Å². The molecule has 1 aromatic carbocycles. The van der Waals surface area contributed by atoms with Gasteiger partial charge in [-0.25, -0.2) is 9.97 Å². The number of amides is 1. The van der Waals surface area contributed by atoms with Crippen molar-refractivity contribution in [2.75, 3.05) is 20.8 Å². The SMILES string of the molecule is COc1ccc(CCN(C(=O)c2cccc(C(C)C)n2)C(C)CCc2ccccc2)nc1OC. The molecule has 0 spiro atoms. The summed E-state index contributed by atoms with van der Waals surface area (Å²) < 4.78 is 10.6. The average Bonchev–Trinajstić information content (AvgIpc) is 2.87. The molecule has 0 aliphatic heterocycles. The average molecular weight is 462 g/mol. The summed E-state index contributed by atoms with van der Waals surface area (Å²) in [5.41, 5.74) is 3.51. The highest BCUT2D eigenvalue weighted by atomic mass is 16.5. The predicted molar refractivity (Wildman–Crippen MR) is 135 cm³/mol. The van der Waals surface area contributed by atoms with E-state index >= 15 is 0 Å². The highest BCUT2D eigenvalue weighted by molar-refractivity contribution is 5.92. The number of rotatable bonds is 11. The minimum Gasteiger partial charge on any atom is -0.491 e. The highest BCUT2D eigenvalue weighted by Gasteiger charge is 2.23. The normalized spacial score (nSPS) is 11.8. The highest BCUT2D eigenvalue weighted by Crippen LogP contribution is 2.24. The van der Waals surface area contributed by atoms with Gasteiger partial charge in [0.15, 0.2) is 5.75 Å². The Hall–Kier alpha value is -3.41.